The summed E-state index contributed by atoms with van der Waals surface area (Å²) in [6.45, 7) is 6.52. The Bertz CT molecular complexity index is 1290. The molecule has 0 aromatic rings. The van der Waals surface area contributed by atoms with Gasteiger partial charge in [0.15, 0.2) is 6.10 Å². The predicted octanol–water partition coefficient (Wildman–Crippen LogP) is 18.4. The summed E-state index contributed by atoms with van der Waals surface area (Å²) in [6.07, 6.45) is 70.0. The Morgan fingerprint density at radius 3 is 0.955 bits per heavy atom. The standard InChI is InChI=1S/C60H102O6/c1-4-7-10-13-16-19-22-25-28-30-33-35-38-41-44-47-50-53-59(62)65-56-57(55-64-58(61)52-49-46-43-40-37-34-31-27-24-21-18-15-12-9-6-3)66-60(63)54-51-48-45-42-39-36-32-29-26-23-20-17-14-11-8-5-2/h16,18-19,21,25,27-29,31-33,35,41,44,57H,4-15,17,20,22-24,26,30,34,36-40,42-43,45-56H2,1-3H3/b19-16-,21-18-,28-25-,31-27-,32-29-,35-33-,44-41-/t57-/m1/s1. The smallest absolute Gasteiger partial charge is 0.306 e. The first-order valence-corrected chi connectivity index (χ1v) is 27.6. The van der Waals surface area contributed by atoms with Crippen molar-refractivity contribution in [2.24, 2.45) is 0 Å². The minimum atomic E-state index is -0.809. The van der Waals surface area contributed by atoms with Crippen LogP contribution in [0.1, 0.15) is 258 Å². The van der Waals surface area contributed by atoms with E-state index in [-0.39, 0.29) is 37.5 Å². The van der Waals surface area contributed by atoms with Crippen LogP contribution >= 0.6 is 0 Å². The van der Waals surface area contributed by atoms with Gasteiger partial charge in [0.1, 0.15) is 13.2 Å². The van der Waals surface area contributed by atoms with Crippen LogP contribution in [0, 0.1) is 0 Å². The fraction of sp³-hybridized carbons (Fsp3) is 0.717. The lowest BCUT2D eigenvalue weighted by Gasteiger charge is -2.18. The molecule has 378 valence electrons. The van der Waals surface area contributed by atoms with Crippen molar-refractivity contribution >= 4 is 17.9 Å². The second-order valence-corrected chi connectivity index (χ2v) is 18.1. The summed E-state index contributed by atoms with van der Waals surface area (Å²) < 4.78 is 16.8. The van der Waals surface area contributed by atoms with E-state index in [1.807, 2.05) is 0 Å². The summed E-state index contributed by atoms with van der Waals surface area (Å²) in [5.41, 5.74) is 0. The predicted molar refractivity (Wildman–Crippen MR) is 284 cm³/mol. The maximum Gasteiger partial charge on any atom is 0.306 e. The van der Waals surface area contributed by atoms with Crippen molar-refractivity contribution < 1.29 is 28.6 Å². The van der Waals surface area contributed by atoms with Gasteiger partial charge in [-0.3, -0.25) is 14.4 Å². The molecule has 0 heterocycles. The van der Waals surface area contributed by atoms with Crippen molar-refractivity contribution in [1.29, 1.82) is 0 Å². The minimum Gasteiger partial charge on any atom is -0.462 e. The summed E-state index contributed by atoms with van der Waals surface area (Å²) in [4.78, 5) is 38.1. The summed E-state index contributed by atoms with van der Waals surface area (Å²) in [5, 5.41) is 0. The number of rotatable bonds is 49. The number of unbranched alkanes of at least 4 members (excludes halogenated alkanes) is 24. The van der Waals surface area contributed by atoms with Crippen molar-refractivity contribution in [3.63, 3.8) is 0 Å². The summed E-state index contributed by atoms with van der Waals surface area (Å²) in [5.74, 6) is -0.981. The Kier molecular flexibility index (Phi) is 51.4. The molecule has 0 spiro atoms. The Morgan fingerprint density at radius 1 is 0.303 bits per heavy atom. The van der Waals surface area contributed by atoms with Gasteiger partial charge in [0.2, 0.25) is 0 Å². The van der Waals surface area contributed by atoms with Crippen LogP contribution in [-0.4, -0.2) is 37.2 Å². The molecule has 0 N–H and O–H groups in total. The van der Waals surface area contributed by atoms with Gasteiger partial charge in [-0.05, 0) is 116 Å². The van der Waals surface area contributed by atoms with E-state index in [1.165, 1.54) is 109 Å². The normalized spacial score (nSPS) is 12.7. The number of esters is 3. The topological polar surface area (TPSA) is 78.9 Å². The van der Waals surface area contributed by atoms with E-state index in [2.05, 4.69) is 106 Å². The Balaban J connectivity index is 4.51. The second-order valence-electron chi connectivity index (χ2n) is 18.1. The quantitative estimate of drug-likeness (QED) is 0.0262. The van der Waals surface area contributed by atoms with Crippen LogP contribution in [0.25, 0.3) is 0 Å². The third kappa shape index (κ3) is 51.6. The van der Waals surface area contributed by atoms with Crippen LogP contribution in [0.2, 0.25) is 0 Å². The fourth-order valence-electron chi connectivity index (χ4n) is 7.40. The van der Waals surface area contributed by atoms with Gasteiger partial charge in [-0.25, -0.2) is 0 Å². The van der Waals surface area contributed by atoms with E-state index in [0.717, 1.165) is 103 Å². The largest absolute Gasteiger partial charge is 0.462 e. The van der Waals surface area contributed by atoms with E-state index in [0.29, 0.717) is 19.3 Å². The molecule has 6 nitrogen and oxygen atoms in total. The molecule has 0 amide bonds. The molecule has 0 aliphatic heterocycles. The van der Waals surface area contributed by atoms with E-state index >= 15 is 0 Å². The molecular weight excluding hydrogens is 817 g/mol. The molecular formula is C60H102O6. The molecule has 0 fully saturated rings. The summed E-state index contributed by atoms with van der Waals surface area (Å²) in [7, 11) is 0. The molecule has 6 heteroatoms. The van der Waals surface area contributed by atoms with Crippen molar-refractivity contribution in [3.8, 4) is 0 Å². The van der Waals surface area contributed by atoms with Crippen molar-refractivity contribution in [3.05, 3.63) is 85.1 Å². The zero-order chi connectivity index (χ0) is 47.9. The highest BCUT2D eigenvalue weighted by atomic mass is 16.6. The number of carbonyl (C=O) groups is 3. The molecule has 66 heavy (non-hydrogen) atoms. The molecule has 0 aliphatic carbocycles. The van der Waals surface area contributed by atoms with Crippen LogP contribution in [0.4, 0.5) is 0 Å². The van der Waals surface area contributed by atoms with Crippen LogP contribution < -0.4 is 0 Å². The molecule has 0 rings (SSSR count). The van der Waals surface area contributed by atoms with Gasteiger partial charge in [0, 0.05) is 19.3 Å². The van der Waals surface area contributed by atoms with Crippen LogP contribution in [0.3, 0.4) is 0 Å². The Hall–Kier alpha value is -3.41. The van der Waals surface area contributed by atoms with Crippen LogP contribution in [0.15, 0.2) is 85.1 Å². The number of ether oxygens (including phenoxy) is 3. The number of carbonyl (C=O) groups excluding carboxylic acids is 3. The van der Waals surface area contributed by atoms with E-state index in [9.17, 15) is 14.4 Å². The van der Waals surface area contributed by atoms with Gasteiger partial charge >= 0.3 is 17.9 Å². The highest BCUT2D eigenvalue weighted by molar-refractivity contribution is 5.71. The molecule has 0 aromatic heterocycles. The van der Waals surface area contributed by atoms with Crippen LogP contribution in [-0.2, 0) is 28.6 Å². The third-order valence-electron chi connectivity index (χ3n) is 11.6. The third-order valence-corrected chi connectivity index (χ3v) is 11.6. The van der Waals surface area contributed by atoms with Crippen molar-refractivity contribution in [2.75, 3.05) is 13.2 Å². The van der Waals surface area contributed by atoms with Crippen molar-refractivity contribution in [2.45, 2.75) is 264 Å². The summed E-state index contributed by atoms with van der Waals surface area (Å²) >= 11 is 0. The second kappa shape index (κ2) is 54.2. The molecule has 0 bridgehead atoms. The van der Waals surface area contributed by atoms with Gasteiger partial charge in [0.05, 0.1) is 0 Å². The lowest BCUT2D eigenvalue weighted by atomic mass is 10.1. The highest BCUT2D eigenvalue weighted by Crippen LogP contribution is 2.13. The molecule has 0 unspecified atom stereocenters. The maximum atomic E-state index is 12.8. The average Bonchev–Trinajstić information content (AvgIpc) is 3.31. The van der Waals surface area contributed by atoms with E-state index in [4.69, 9.17) is 14.2 Å². The lowest BCUT2D eigenvalue weighted by molar-refractivity contribution is -0.167. The zero-order valence-electron chi connectivity index (χ0n) is 43.2. The molecule has 0 saturated heterocycles. The van der Waals surface area contributed by atoms with Crippen LogP contribution in [0.5, 0.6) is 0 Å². The number of hydrogen-bond donors (Lipinski definition) is 0. The monoisotopic (exact) mass is 919 g/mol. The van der Waals surface area contributed by atoms with Gasteiger partial charge in [-0.2, -0.15) is 0 Å². The fourth-order valence-corrected chi connectivity index (χ4v) is 7.40. The minimum absolute atomic E-state index is 0.104. The molecule has 0 aromatic carbocycles. The Labute approximate surface area is 407 Å². The number of hydrogen-bond acceptors (Lipinski definition) is 6. The molecule has 0 aliphatic rings. The Morgan fingerprint density at radius 2 is 0.561 bits per heavy atom. The van der Waals surface area contributed by atoms with Gasteiger partial charge < -0.3 is 14.2 Å². The van der Waals surface area contributed by atoms with Gasteiger partial charge in [-0.1, -0.05) is 209 Å². The average molecular weight is 919 g/mol. The van der Waals surface area contributed by atoms with Gasteiger partial charge in [0.25, 0.3) is 0 Å². The zero-order valence-corrected chi connectivity index (χ0v) is 43.2. The number of allylic oxidation sites excluding steroid dienone is 14. The molecule has 0 radical (unpaired) electrons. The first-order valence-electron chi connectivity index (χ1n) is 27.6. The van der Waals surface area contributed by atoms with Crippen molar-refractivity contribution in [1.82, 2.24) is 0 Å². The molecule has 1 atom stereocenters. The first kappa shape index (κ1) is 62.6. The first-order chi connectivity index (χ1) is 32.5. The van der Waals surface area contributed by atoms with E-state index < -0.39 is 6.10 Å². The lowest BCUT2D eigenvalue weighted by Crippen LogP contribution is -2.30. The SMILES string of the molecule is CCCCC/C=C\C/C=C\C/C=C\C/C=C\CCCC(=O)OC[C@@H](COC(=O)CCCCCCC/C=C\C/C=C\CCCCC)OC(=O)CCCCCCC/C=C\CCCCCCCCC. The summed E-state index contributed by atoms with van der Waals surface area (Å²) in [6, 6.07) is 0. The van der Waals surface area contributed by atoms with Gasteiger partial charge in [-0.15, -0.1) is 0 Å². The molecule has 0 saturated carbocycles. The van der Waals surface area contributed by atoms with E-state index in [1.54, 1.807) is 0 Å². The maximum absolute atomic E-state index is 12.8. The highest BCUT2D eigenvalue weighted by Gasteiger charge is 2.19.